The molecular formula is C24H34O6. The van der Waals surface area contributed by atoms with Crippen molar-refractivity contribution in [2.24, 2.45) is 34.0 Å². The number of esters is 2. The molecule has 166 valence electrons. The molecular weight excluding hydrogens is 384 g/mol. The molecule has 30 heavy (non-hydrogen) atoms. The van der Waals surface area contributed by atoms with Gasteiger partial charge in [-0.2, -0.15) is 0 Å². The number of hydrogen-bond donors (Lipinski definition) is 1. The summed E-state index contributed by atoms with van der Waals surface area (Å²) in [6, 6.07) is 0. The lowest BCUT2D eigenvalue weighted by Crippen LogP contribution is -2.62. The van der Waals surface area contributed by atoms with Gasteiger partial charge in [0.15, 0.2) is 0 Å². The number of carbonyl (C=O) groups excluding carboxylic acids is 2. The SMILES string of the molecule is CC(=O)OC[C@@]1(C)[C@H]2CC[C@]34C=C(C(=O)O)[C@H](CC[C@H]3[C@]2(C)CC[C@H]1OC(C)=O)C4. The van der Waals surface area contributed by atoms with Crippen molar-refractivity contribution in [2.45, 2.75) is 78.7 Å². The summed E-state index contributed by atoms with van der Waals surface area (Å²) in [6.07, 6.45) is 8.33. The van der Waals surface area contributed by atoms with Crippen LogP contribution in [0.25, 0.3) is 0 Å². The fourth-order valence-corrected chi connectivity index (χ4v) is 8.04. The maximum atomic E-state index is 11.8. The van der Waals surface area contributed by atoms with E-state index in [9.17, 15) is 19.5 Å². The van der Waals surface area contributed by atoms with Crippen LogP contribution in [-0.2, 0) is 23.9 Å². The number of carboxylic acid groups (broad SMARTS) is 1. The Bertz CT molecular complexity index is 802. The topological polar surface area (TPSA) is 89.9 Å². The summed E-state index contributed by atoms with van der Waals surface area (Å²) in [5.41, 5.74) is 0.147. The molecule has 0 unspecified atom stereocenters. The van der Waals surface area contributed by atoms with Gasteiger partial charge >= 0.3 is 17.9 Å². The van der Waals surface area contributed by atoms with E-state index in [0.717, 1.165) is 44.9 Å². The number of allylic oxidation sites excluding steroid dienone is 1. The fourth-order valence-electron chi connectivity index (χ4n) is 8.04. The molecule has 6 heteroatoms. The highest BCUT2D eigenvalue weighted by Gasteiger charge is 2.65. The first kappa shape index (κ1) is 21.4. The van der Waals surface area contributed by atoms with E-state index in [-0.39, 0.29) is 47.3 Å². The highest BCUT2D eigenvalue weighted by atomic mass is 16.6. The van der Waals surface area contributed by atoms with Crippen LogP contribution in [0.3, 0.4) is 0 Å². The minimum absolute atomic E-state index is 0.000772. The minimum atomic E-state index is -0.761. The average Bonchev–Trinajstić information content (AvgIpc) is 2.93. The molecule has 1 N–H and O–H groups in total. The Hall–Kier alpha value is -1.85. The van der Waals surface area contributed by atoms with Gasteiger partial charge in [0.1, 0.15) is 12.7 Å². The van der Waals surface area contributed by atoms with E-state index in [2.05, 4.69) is 19.9 Å². The lowest BCUT2D eigenvalue weighted by molar-refractivity contribution is -0.210. The second kappa shape index (κ2) is 7.10. The van der Waals surface area contributed by atoms with Crippen LogP contribution in [0.1, 0.15) is 72.6 Å². The first-order valence-electron chi connectivity index (χ1n) is 11.3. The molecule has 7 atom stereocenters. The number of aliphatic carboxylic acids is 1. The van der Waals surface area contributed by atoms with Crippen molar-refractivity contribution >= 4 is 17.9 Å². The quantitative estimate of drug-likeness (QED) is 0.691. The second-order valence-corrected chi connectivity index (χ2v) is 10.7. The zero-order valence-corrected chi connectivity index (χ0v) is 18.5. The Morgan fingerprint density at radius 2 is 1.77 bits per heavy atom. The molecule has 4 aliphatic carbocycles. The van der Waals surface area contributed by atoms with E-state index >= 15 is 0 Å². The third kappa shape index (κ3) is 3.09. The molecule has 0 radical (unpaired) electrons. The molecule has 0 aliphatic heterocycles. The van der Waals surface area contributed by atoms with Gasteiger partial charge in [-0.15, -0.1) is 0 Å². The molecule has 0 aromatic carbocycles. The van der Waals surface area contributed by atoms with Gasteiger partial charge < -0.3 is 14.6 Å². The minimum Gasteiger partial charge on any atom is -0.478 e. The normalized spacial score (nSPS) is 44.3. The van der Waals surface area contributed by atoms with Crippen LogP contribution in [0.15, 0.2) is 11.6 Å². The van der Waals surface area contributed by atoms with E-state index in [1.807, 2.05) is 0 Å². The van der Waals surface area contributed by atoms with Crippen molar-refractivity contribution in [3.63, 3.8) is 0 Å². The predicted octanol–water partition coefficient (Wildman–Crippen LogP) is 4.12. The molecule has 3 fully saturated rings. The molecule has 0 aromatic heterocycles. The van der Waals surface area contributed by atoms with Crippen LogP contribution in [-0.4, -0.2) is 35.7 Å². The average molecular weight is 419 g/mol. The Balaban J connectivity index is 1.70. The van der Waals surface area contributed by atoms with Crippen molar-refractivity contribution in [2.75, 3.05) is 6.61 Å². The number of hydrogen-bond acceptors (Lipinski definition) is 5. The van der Waals surface area contributed by atoms with Gasteiger partial charge in [0.2, 0.25) is 0 Å². The summed E-state index contributed by atoms with van der Waals surface area (Å²) >= 11 is 0. The number of carboxylic acids is 1. The Morgan fingerprint density at radius 1 is 1.03 bits per heavy atom. The molecule has 1 spiro atoms. The molecule has 0 saturated heterocycles. The Labute approximate surface area is 178 Å². The lowest BCUT2D eigenvalue weighted by Gasteiger charge is -2.65. The van der Waals surface area contributed by atoms with Gasteiger partial charge in [-0.25, -0.2) is 4.79 Å². The summed E-state index contributed by atoms with van der Waals surface area (Å²) in [5.74, 6) is -0.534. The first-order valence-corrected chi connectivity index (χ1v) is 11.3. The summed E-state index contributed by atoms with van der Waals surface area (Å²) < 4.78 is 11.3. The van der Waals surface area contributed by atoms with Gasteiger partial charge in [-0.05, 0) is 73.5 Å². The van der Waals surface area contributed by atoms with Crippen LogP contribution < -0.4 is 0 Å². The summed E-state index contributed by atoms with van der Waals surface area (Å²) in [7, 11) is 0. The van der Waals surface area contributed by atoms with Crippen LogP contribution in [0.2, 0.25) is 0 Å². The molecule has 0 heterocycles. The standard InChI is InChI=1S/C24H34O6/c1-14(25)29-13-23(4)18-7-10-24-11-16(17(12-24)21(27)28)5-6-19(24)22(18,3)9-8-20(23)30-15(2)26/h12,16,18-20H,5-11,13H2,1-4H3,(H,27,28)/t16-,18+,19+,20-,22-,23+,24+/m1/s1. The van der Waals surface area contributed by atoms with E-state index in [4.69, 9.17) is 9.47 Å². The third-order valence-corrected chi connectivity index (χ3v) is 9.12. The van der Waals surface area contributed by atoms with E-state index in [1.165, 1.54) is 13.8 Å². The Morgan fingerprint density at radius 3 is 2.40 bits per heavy atom. The van der Waals surface area contributed by atoms with Crippen molar-refractivity contribution in [1.29, 1.82) is 0 Å². The van der Waals surface area contributed by atoms with Crippen molar-refractivity contribution in [1.82, 2.24) is 0 Å². The molecule has 0 amide bonds. The third-order valence-electron chi connectivity index (χ3n) is 9.12. The van der Waals surface area contributed by atoms with Crippen LogP contribution in [0.4, 0.5) is 0 Å². The summed E-state index contributed by atoms with van der Waals surface area (Å²) in [6.45, 7) is 7.57. The number of ether oxygens (including phenoxy) is 2. The van der Waals surface area contributed by atoms with Gasteiger partial charge in [0.25, 0.3) is 0 Å². The van der Waals surface area contributed by atoms with E-state index < -0.39 is 11.4 Å². The van der Waals surface area contributed by atoms with Gasteiger partial charge in [0.05, 0.1) is 0 Å². The van der Waals surface area contributed by atoms with Gasteiger partial charge in [-0.1, -0.05) is 19.9 Å². The zero-order valence-electron chi connectivity index (χ0n) is 18.5. The molecule has 6 nitrogen and oxygen atoms in total. The zero-order chi connectivity index (χ0) is 21.9. The summed E-state index contributed by atoms with van der Waals surface area (Å²) in [4.78, 5) is 35.3. The molecule has 2 bridgehead atoms. The van der Waals surface area contributed by atoms with Gasteiger partial charge in [-0.3, -0.25) is 9.59 Å². The summed E-state index contributed by atoms with van der Waals surface area (Å²) in [5, 5.41) is 9.70. The fraction of sp³-hybridized carbons (Fsp3) is 0.792. The monoisotopic (exact) mass is 418 g/mol. The van der Waals surface area contributed by atoms with Crippen LogP contribution >= 0.6 is 0 Å². The van der Waals surface area contributed by atoms with E-state index in [1.54, 1.807) is 0 Å². The molecule has 4 rings (SSSR count). The smallest absolute Gasteiger partial charge is 0.331 e. The van der Waals surface area contributed by atoms with Crippen molar-refractivity contribution in [3.8, 4) is 0 Å². The number of carbonyl (C=O) groups is 3. The first-order chi connectivity index (χ1) is 14.0. The predicted molar refractivity (Wildman–Crippen MR) is 109 cm³/mol. The molecule has 3 saturated carbocycles. The van der Waals surface area contributed by atoms with E-state index in [0.29, 0.717) is 11.5 Å². The molecule has 0 aromatic rings. The van der Waals surface area contributed by atoms with Crippen molar-refractivity contribution in [3.05, 3.63) is 11.6 Å². The second-order valence-electron chi connectivity index (χ2n) is 10.7. The molecule has 4 aliphatic rings. The maximum Gasteiger partial charge on any atom is 0.331 e. The highest BCUT2D eigenvalue weighted by Crippen LogP contribution is 2.71. The lowest BCUT2D eigenvalue weighted by atomic mass is 9.40. The van der Waals surface area contributed by atoms with Crippen LogP contribution in [0.5, 0.6) is 0 Å². The van der Waals surface area contributed by atoms with Crippen LogP contribution in [0, 0.1) is 34.0 Å². The maximum absolute atomic E-state index is 11.8. The highest BCUT2D eigenvalue weighted by molar-refractivity contribution is 5.88. The van der Waals surface area contributed by atoms with Crippen molar-refractivity contribution < 1.29 is 29.0 Å². The van der Waals surface area contributed by atoms with Gasteiger partial charge in [0, 0.05) is 24.8 Å². The Kier molecular flexibility index (Phi) is 5.06. The number of fused-ring (bicyclic) bond motifs is 3. The largest absolute Gasteiger partial charge is 0.478 e. The number of rotatable bonds is 4.